The third-order valence-corrected chi connectivity index (χ3v) is 4.37. The van der Waals surface area contributed by atoms with Crippen molar-refractivity contribution in [3.8, 4) is 0 Å². The number of para-hydroxylation sites is 1. The third kappa shape index (κ3) is 3.18. The van der Waals surface area contributed by atoms with Crippen molar-refractivity contribution in [1.82, 2.24) is 9.97 Å². The summed E-state index contributed by atoms with van der Waals surface area (Å²) in [6, 6.07) is 10.9. The molecule has 0 fully saturated rings. The molecule has 0 saturated carbocycles. The van der Waals surface area contributed by atoms with Crippen molar-refractivity contribution >= 4 is 32.3 Å². The van der Waals surface area contributed by atoms with Crippen LogP contribution in [0, 0.1) is 0 Å². The summed E-state index contributed by atoms with van der Waals surface area (Å²) >= 11 is 0. The summed E-state index contributed by atoms with van der Waals surface area (Å²) < 4.78 is 22.8. The number of carbonyl (C=O) groups is 1. The molecule has 0 atom stereocenters. The van der Waals surface area contributed by atoms with Gasteiger partial charge in [0.25, 0.3) is 5.91 Å². The molecule has 0 aliphatic rings. The van der Waals surface area contributed by atoms with Crippen LogP contribution >= 0.6 is 0 Å². The van der Waals surface area contributed by atoms with Crippen LogP contribution in [-0.4, -0.2) is 30.5 Å². The van der Waals surface area contributed by atoms with E-state index in [0.29, 0.717) is 16.6 Å². The first-order valence-corrected chi connectivity index (χ1v) is 8.83. The van der Waals surface area contributed by atoms with Crippen molar-refractivity contribution in [3.05, 3.63) is 64.6 Å². The molecule has 0 unspecified atom stereocenters. The van der Waals surface area contributed by atoms with Crippen LogP contribution in [-0.2, 0) is 9.84 Å². The molecular formula is C16H13N3O4S. The van der Waals surface area contributed by atoms with Crippen LogP contribution in [0.1, 0.15) is 10.4 Å². The highest BCUT2D eigenvalue weighted by atomic mass is 32.2. The second-order valence-corrected chi connectivity index (χ2v) is 7.17. The number of anilines is 1. The summed E-state index contributed by atoms with van der Waals surface area (Å²) in [4.78, 5) is 30.6. The van der Waals surface area contributed by atoms with E-state index in [2.05, 4.69) is 15.3 Å². The molecule has 2 N–H and O–H groups in total. The quantitative estimate of drug-likeness (QED) is 0.750. The molecule has 2 heterocycles. The van der Waals surface area contributed by atoms with Crippen molar-refractivity contribution in [1.29, 1.82) is 0 Å². The van der Waals surface area contributed by atoms with E-state index in [1.165, 1.54) is 24.4 Å². The van der Waals surface area contributed by atoms with Crippen LogP contribution < -0.4 is 10.9 Å². The zero-order chi connectivity index (χ0) is 17.3. The number of aromatic amines is 1. The number of hydrogen-bond donors (Lipinski definition) is 2. The lowest BCUT2D eigenvalue weighted by Gasteiger charge is -2.08. The van der Waals surface area contributed by atoms with Crippen molar-refractivity contribution in [3.63, 3.8) is 0 Å². The van der Waals surface area contributed by atoms with E-state index in [-0.39, 0.29) is 16.1 Å². The minimum atomic E-state index is -3.40. The number of aromatic nitrogens is 2. The molecule has 0 saturated heterocycles. The highest BCUT2D eigenvalue weighted by Gasteiger charge is 2.13. The number of fused-ring (bicyclic) bond motifs is 1. The van der Waals surface area contributed by atoms with Gasteiger partial charge in [0.05, 0.1) is 17.4 Å². The van der Waals surface area contributed by atoms with Gasteiger partial charge in [-0.3, -0.25) is 9.59 Å². The van der Waals surface area contributed by atoms with Gasteiger partial charge in [-0.05, 0) is 18.2 Å². The number of hydrogen-bond acceptors (Lipinski definition) is 5. The van der Waals surface area contributed by atoms with Crippen molar-refractivity contribution < 1.29 is 13.2 Å². The second kappa shape index (κ2) is 5.89. The normalized spacial score (nSPS) is 11.4. The van der Waals surface area contributed by atoms with Gasteiger partial charge in [-0.2, -0.15) is 0 Å². The lowest BCUT2D eigenvalue weighted by Crippen LogP contribution is -2.17. The number of nitrogens with one attached hydrogen (secondary N) is 2. The zero-order valence-electron chi connectivity index (χ0n) is 12.6. The molecule has 0 spiro atoms. The number of carbonyl (C=O) groups excluding carboxylic acids is 1. The largest absolute Gasteiger partial charge is 0.322 e. The highest BCUT2D eigenvalue weighted by Crippen LogP contribution is 2.17. The molecule has 8 heteroatoms. The fraction of sp³-hybridized carbons (Fsp3) is 0.0625. The zero-order valence-corrected chi connectivity index (χ0v) is 13.4. The number of benzene rings is 1. The second-order valence-electron chi connectivity index (χ2n) is 5.20. The minimum absolute atomic E-state index is 0.0814. The molecule has 24 heavy (non-hydrogen) atoms. The van der Waals surface area contributed by atoms with Crippen LogP contribution in [0.15, 0.2) is 58.5 Å². The summed E-state index contributed by atoms with van der Waals surface area (Å²) in [5, 5.41) is 3.13. The maximum absolute atomic E-state index is 12.5. The molecule has 0 radical (unpaired) electrons. The molecular weight excluding hydrogens is 330 g/mol. The number of amides is 1. The lowest BCUT2D eigenvalue weighted by molar-refractivity contribution is 0.102. The Balaban J connectivity index is 1.95. The Kier molecular flexibility index (Phi) is 3.90. The third-order valence-electron chi connectivity index (χ3n) is 3.37. The highest BCUT2D eigenvalue weighted by molar-refractivity contribution is 7.90. The molecule has 0 aliphatic heterocycles. The van der Waals surface area contributed by atoms with E-state index < -0.39 is 15.7 Å². The Morgan fingerprint density at radius 1 is 1.17 bits per heavy atom. The fourth-order valence-corrected chi connectivity index (χ4v) is 2.82. The Hall–Kier alpha value is -3.00. The number of H-pyrrole nitrogens is 1. The molecule has 122 valence electrons. The molecule has 1 aromatic carbocycles. The first kappa shape index (κ1) is 15.9. The predicted octanol–water partition coefficient (Wildman–Crippen LogP) is 1.58. The fourth-order valence-electron chi connectivity index (χ4n) is 2.26. The van der Waals surface area contributed by atoms with Gasteiger partial charge in [-0.25, -0.2) is 13.4 Å². The first-order valence-electron chi connectivity index (χ1n) is 6.94. The molecule has 0 bridgehead atoms. The van der Waals surface area contributed by atoms with Crippen molar-refractivity contribution in [2.45, 2.75) is 5.03 Å². The summed E-state index contributed by atoms with van der Waals surface area (Å²) in [6.07, 6.45) is 2.31. The number of rotatable bonds is 3. The van der Waals surface area contributed by atoms with Gasteiger partial charge in [0.2, 0.25) is 5.56 Å². The van der Waals surface area contributed by atoms with E-state index in [1.807, 2.05) is 0 Å². The molecule has 7 nitrogen and oxygen atoms in total. The Morgan fingerprint density at radius 2 is 1.92 bits per heavy atom. The van der Waals surface area contributed by atoms with E-state index in [9.17, 15) is 18.0 Å². The Morgan fingerprint density at radius 3 is 2.58 bits per heavy atom. The van der Waals surface area contributed by atoms with Gasteiger partial charge in [0, 0.05) is 23.2 Å². The van der Waals surface area contributed by atoms with E-state index in [4.69, 9.17) is 0 Å². The smallest absolute Gasteiger partial charge is 0.256 e. The van der Waals surface area contributed by atoms with Gasteiger partial charge < -0.3 is 10.3 Å². The number of pyridine rings is 2. The Labute approximate surface area is 137 Å². The first-order chi connectivity index (χ1) is 11.3. The molecule has 3 rings (SSSR count). The Bertz CT molecular complexity index is 1090. The topological polar surface area (TPSA) is 109 Å². The molecule has 0 aliphatic carbocycles. The summed E-state index contributed by atoms with van der Waals surface area (Å²) in [5.41, 5.74) is 0.725. The van der Waals surface area contributed by atoms with Crippen LogP contribution in [0.4, 0.5) is 5.69 Å². The maximum atomic E-state index is 12.5. The number of sulfone groups is 1. The SMILES string of the molecule is CS(=O)(=O)c1ccc(NC(=O)c2cc(=O)[nH]c3ccccc23)cn1. The molecule has 3 aromatic rings. The van der Waals surface area contributed by atoms with Crippen molar-refractivity contribution in [2.24, 2.45) is 0 Å². The number of nitrogens with zero attached hydrogens (tertiary/aromatic N) is 1. The van der Waals surface area contributed by atoms with Gasteiger partial charge in [0.15, 0.2) is 14.9 Å². The van der Waals surface area contributed by atoms with E-state index >= 15 is 0 Å². The van der Waals surface area contributed by atoms with E-state index in [0.717, 1.165) is 6.26 Å². The van der Waals surface area contributed by atoms with E-state index in [1.54, 1.807) is 24.3 Å². The van der Waals surface area contributed by atoms with Gasteiger partial charge in [-0.1, -0.05) is 18.2 Å². The summed E-state index contributed by atoms with van der Waals surface area (Å²) in [5.74, 6) is -0.480. The average Bonchev–Trinajstić information content (AvgIpc) is 2.53. The van der Waals surface area contributed by atoms with Gasteiger partial charge in [0.1, 0.15) is 0 Å². The van der Waals surface area contributed by atoms with Crippen LogP contribution in [0.3, 0.4) is 0 Å². The van der Waals surface area contributed by atoms with Crippen LogP contribution in [0.25, 0.3) is 10.9 Å². The lowest BCUT2D eigenvalue weighted by atomic mass is 10.1. The summed E-state index contributed by atoms with van der Waals surface area (Å²) in [7, 11) is -3.40. The molecule has 1 amide bonds. The van der Waals surface area contributed by atoms with Crippen LogP contribution in [0.5, 0.6) is 0 Å². The standard InChI is InChI=1S/C16H13N3O4S/c1-24(22,23)15-7-6-10(9-17-15)18-16(21)12-8-14(20)19-13-5-3-2-4-11(12)13/h2-9H,1H3,(H,18,21)(H,19,20). The molecule has 2 aromatic heterocycles. The van der Waals surface area contributed by atoms with Crippen molar-refractivity contribution in [2.75, 3.05) is 11.6 Å². The maximum Gasteiger partial charge on any atom is 0.256 e. The van der Waals surface area contributed by atoms with Gasteiger partial charge in [-0.15, -0.1) is 0 Å². The minimum Gasteiger partial charge on any atom is -0.322 e. The average molecular weight is 343 g/mol. The van der Waals surface area contributed by atoms with Gasteiger partial charge >= 0.3 is 0 Å². The monoisotopic (exact) mass is 343 g/mol. The predicted molar refractivity (Wildman–Crippen MR) is 89.9 cm³/mol. The summed E-state index contributed by atoms with van der Waals surface area (Å²) in [6.45, 7) is 0. The van der Waals surface area contributed by atoms with Crippen LogP contribution in [0.2, 0.25) is 0 Å².